The van der Waals surface area contributed by atoms with E-state index in [0.717, 1.165) is 31.6 Å². The van der Waals surface area contributed by atoms with Gasteiger partial charge in [0, 0.05) is 19.1 Å². The minimum atomic E-state index is 0. The zero-order valence-electron chi connectivity index (χ0n) is 12.8. The molecule has 2 unspecified atom stereocenters. The Labute approximate surface area is 137 Å². The fourth-order valence-electron chi connectivity index (χ4n) is 2.69. The highest BCUT2D eigenvalue weighted by Gasteiger charge is 2.24. The molecule has 1 fully saturated rings. The lowest BCUT2D eigenvalue weighted by Gasteiger charge is -2.35. The van der Waals surface area contributed by atoms with Crippen molar-refractivity contribution in [1.29, 1.82) is 0 Å². The lowest BCUT2D eigenvalue weighted by Crippen LogP contribution is -2.45. The van der Waals surface area contributed by atoms with Crippen LogP contribution in [-0.2, 0) is 6.54 Å². The van der Waals surface area contributed by atoms with Gasteiger partial charge in [-0.3, -0.25) is 4.90 Å². The second-order valence-electron chi connectivity index (χ2n) is 5.44. The number of nitrogens with two attached hydrogens (primary N) is 1. The van der Waals surface area contributed by atoms with Crippen molar-refractivity contribution >= 4 is 24.0 Å². The summed E-state index contributed by atoms with van der Waals surface area (Å²) in [4.78, 5) is 2.39. The number of hydrogen-bond acceptors (Lipinski definition) is 4. The Bertz CT molecular complexity index is 471. The number of likely N-dealkylation sites (tertiary alicyclic amines) is 1. The third-order valence-electron chi connectivity index (χ3n) is 4.01. The molecule has 1 aromatic carbocycles. The third kappa shape index (κ3) is 4.16. The number of ether oxygens (including phenoxy) is 2. The standard InChI is InChI=1S/C15H23ClN2O2.ClH/c1-10-8-18(7-6-12(10)17)9-11-4-5-13(19-2)15(20-3)14(11)16;/h4-5,10,12H,6-9,17H2,1-3H3;1H. The van der Waals surface area contributed by atoms with Crippen LogP contribution in [0.15, 0.2) is 12.1 Å². The Morgan fingerprint density at radius 2 is 2.05 bits per heavy atom. The van der Waals surface area contributed by atoms with Crippen molar-refractivity contribution < 1.29 is 9.47 Å². The van der Waals surface area contributed by atoms with Gasteiger partial charge in [0.25, 0.3) is 0 Å². The Hall–Kier alpha value is -0.680. The Morgan fingerprint density at radius 3 is 2.62 bits per heavy atom. The van der Waals surface area contributed by atoms with Gasteiger partial charge in [0.05, 0.1) is 19.2 Å². The van der Waals surface area contributed by atoms with E-state index in [0.29, 0.717) is 28.5 Å². The predicted octanol–water partition coefficient (Wildman–Crippen LogP) is 2.95. The van der Waals surface area contributed by atoms with Crippen LogP contribution in [0.2, 0.25) is 5.02 Å². The molecule has 1 aliphatic heterocycles. The molecule has 0 saturated carbocycles. The van der Waals surface area contributed by atoms with E-state index in [9.17, 15) is 0 Å². The minimum Gasteiger partial charge on any atom is -0.493 e. The van der Waals surface area contributed by atoms with Crippen LogP contribution in [0.1, 0.15) is 18.9 Å². The molecule has 0 aromatic heterocycles. The van der Waals surface area contributed by atoms with Crippen molar-refractivity contribution in [3.8, 4) is 11.5 Å². The van der Waals surface area contributed by atoms with Gasteiger partial charge in [0.2, 0.25) is 0 Å². The first-order valence-electron chi connectivity index (χ1n) is 6.94. The van der Waals surface area contributed by atoms with E-state index in [-0.39, 0.29) is 12.4 Å². The van der Waals surface area contributed by atoms with Gasteiger partial charge in [-0.1, -0.05) is 24.6 Å². The first-order valence-corrected chi connectivity index (χ1v) is 7.32. The van der Waals surface area contributed by atoms with Crippen LogP contribution in [-0.4, -0.2) is 38.3 Å². The van der Waals surface area contributed by atoms with Crippen LogP contribution in [0.3, 0.4) is 0 Å². The van der Waals surface area contributed by atoms with E-state index in [4.69, 9.17) is 26.8 Å². The second kappa shape index (κ2) is 8.08. The van der Waals surface area contributed by atoms with Crippen LogP contribution in [0.4, 0.5) is 0 Å². The topological polar surface area (TPSA) is 47.7 Å². The van der Waals surface area contributed by atoms with E-state index < -0.39 is 0 Å². The van der Waals surface area contributed by atoms with E-state index in [1.165, 1.54) is 0 Å². The summed E-state index contributed by atoms with van der Waals surface area (Å²) in [7, 11) is 3.22. The predicted molar refractivity (Wildman–Crippen MR) is 88.8 cm³/mol. The van der Waals surface area contributed by atoms with Crippen molar-refractivity contribution in [1.82, 2.24) is 4.90 Å². The summed E-state index contributed by atoms with van der Waals surface area (Å²) in [6.45, 7) is 5.03. The molecular weight excluding hydrogens is 311 g/mol. The van der Waals surface area contributed by atoms with E-state index in [1.807, 2.05) is 12.1 Å². The van der Waals surface area contributed by atoms with Crippen molar-refractivity contribution in [2.75, 3.05) is 27.3 Å². The molecule has 120 valence electrons. The highest BCUT2D eigenvalue weighted by atomic mass is 35.5. The third-order valence-corrected chi connectivity index (χ3v) is 4.43. The number of nitrogens with zero attached hydrogens (tertiary/aromatic N) is 1. The molecule has 21 heavy (non-hydrogen) atoms. The van der Waals surface area contributed by atoms with E-state index in [1.54, 1.807) is 14.2 Å². The van der Waals surface area contributed by atoms with Crippen LogP contribution in [0.25, 0.3) is 0 Å². The van der Waals surface area contributed by atoms with Crippen molar-refractivity contribution in [2.45, 2.75) is 25.9 Å². The lowest BCUT2D eigenvalue weighted by molar-refractivity contribution is 0.157. The zero-order chi connectivity index (χ0) is 14.7. The first kappa shape index (κ1) is 18.4. The number of methoxy groups -OCH3 is 2. The molecule has 0 radical (unpaired) electrons. The molecule has 1 heterocycles. The minimum absolute atomic E-state index is 0. The molecule has 0 amide bonds. The van der Waals surface area contributed by atoms with Gasteiger partial charge < -0.3 is 15.2 Å². The number of benzene rings is 1. The van der Waals surface area contributed by atoms with Gasteiger partial charge in [-0.15, -0.1) is 12.4 Å². The Kier molecular flexibility index (Phi) is 7.07. The molecule has 1 aliphatic rings. The van der Waals surface area contributed by atoms with Gasteiger partial charge in [0.15, 0.2) is 11.5 Å². The fraction of sp³-hybridized carbons (Fsp3) is 0.600. The maximum Gasteiger partial charge on any atom is 0.179 e. The Balaban J connectivity index is 0.00000220. The molecule has 6 heteroatoms. The van der Waals surface area contributed by atoms with Gasteiger partial charge in [0.1, 0.15) is 0 Å². The highest BCUT2D eigenvalue weighted by molar-refractivity contribution is 6.33. The average molecular weight is 335 g/mol. The molecule has 2 N–H and O–H groups in total. The zero-order valence-corrected chi connectivity index (χ0v) is 14.3. The first-order chi connectivity index (χ1) is 9.56. The van der Waals surface area contributed by atoms with Crippen molar-refractivity contribution in [2.24, 2.45) is 11.7 Å². The fourth-order valence-corrected chi connectivity index (χ4v) is 2.98. The molecule has 0 aliphatic carbocycles. The van der Waals surface area contributed by atoms with Crippen molar-refractivity contribution in [3.63, 3.8) is 0 Å². The quantitative estimate of drug-likeness (QED) is 0.919. The number of halogens is 2. The summed E-state index contributed by atoms with van der Waals surface area (Å²) in [5, 5.41) is 0.634. The van der Waals surface area contributed by atoms with E-state index >= 15 is 0 Å². The highest BCUT2D eigenvalue weighted by Crippen LogP contribution is 2.38. The largest absolute Gasteiger partial charge is 0.493 e. The van der Waals surface area contributed by atoms with Gasteiger partial charge in [-0.05, 0) is 30.5 Å². The molecule has 2 atom stereocenters. The van der Waals surface area contributed by atoms with Gasteiger partial charge in [-0.2, -0.15) is 0 Å². The monoisotopic (exact) mass is 334 g/mol. The summed E-state index contributed by atoms with van der Waals surface area (Å²) in [5.74, 6) is 1.78. The summed E-state index contributed by atoms with van der Waals surface area (Å²) in [6.07, 6.45) is 1.03. The SMILES string of the molecule is COc1ccc(CN2CCC(N)C(C)C2)c(Cl)c1OC.Cl. The summed E-state index contributed by atoms with van der Waals surface area (Å²) in [6, 6.07) is 4.22. The van der Waals surface area contributed by atoms with Gasteiger partial charge in [-0.25, -0.2) is 0 Å². The number of hydrogen-bond donors (Lipinski definition) is 1. The molecule has 0 bridgehead atoms. The van der Waals surface area contributed by atoms with Gasteiger partial charge >= 0.3 is 0 Å². The average Bonchev–Trinajstić information content (AvgIpc) is 2.44. The van der Waals surface area contributed by atoms with Crippen LogP contribution < -0.4 is 15.2 Å². The maximum absolute atomic E-state index is 6.42. The number of rotatable bonds is 4. The smallest absolute Gasteiger partial charge is 0.179 e. The van der Waals surface area contributed by atoms with Crippen LogP contribution in [0, 0.1) is 5.92 Å². The Morgan fingerprint density at radius 1 is 1.33 bits per heavy atom. The number of piperidine rings is 1. The maximum atomic E-state index is 6.42. The summed E-state index contributed by atoms with van der Waals surface area (Å²) in [5.41, 5.74) is 7.12. The summed E-state index contributed by atoms with van der Waals surface area (Å²) >= 11 is 6.42. The molecule has 2 rings (SSSR count). The molecule has 1 saturated heterocycles. The second-order valence-corrected chi connectivity index (χ2v) is 5.82. The van der Waals surface area contributed by atoms with E-state index in [2.05, 4.69) is 11.8 Å². The molecule has 1 aromatic rings. The van der Waals surface area contributed by atoms with Crippen LogP contribution >= 0.6 is 24.0 Å². The van der Waals surface area contributed by atoms with Crippen LogP contribution in [0.5, 0.6) is 11.5 Å². The van der Waals surface area contributed by atoms with Crippen molar-refractivity contribution in [3.05, 3.63) is 22.7 Å². The lowest BCUT2D eigenvalue weighted by atomic mass is 9.94. The molecule has 0 spiro atoms. The molecule has 4 nitrogen and oxygen atoms in total. The summed E-state index contributed by atoms with van der Waals surface area (Å²) < 4.78 is 10.6. The molecular formula is C15H24Cl2N2O2. The normalized spacial score (nSPS) is 22.5.